The summed E-state index contributed by atoms with van der Waals surface area (Å²) in [5.74, 6) is 1.36. The van der Waals surface area contributed by atoms with Gasteiger partial charge in [-0.3, -0.25) is 9.20 Å². The summed E-state index contributed by atoms with van der Waals surface area (Å²) in [6, 6.07) is 20.0. The molecule has 2 aromatic carbocycles. The SMILES string of the molecule is CCNC(=NCCCc1ccccc1)NCCS(=O)c1ccccc1. The number of nitrogens with one attached hydrogen (secondary N) is 2. The van der Waals surface area contributed by atoms with Crippen LogP contribution in [0.15, 0.2) is 70.6 Å². The van der Waals surface area contributed by atoms with Gasteiger partial charge in [-0.05, 0) is 37.5 Å². The first-order valence-corrected chi connectivity index (χ1v) is 10.1. The number of nitrogens with zero attached hydrogens (tertiary/aromatic N) is 1. The Morgan fingerprint density at radius 1 is 1.00 bits per heavy atom. The predicted octanol–water partition coefficient (Wildman–Crippen LogP) is 2.98. The standard InChI is InChI=1S/C20H27N3OS/c1-2-21-20(22-15-9-12-18-10-5-3-6-11-18)23-16-17-25(24)19-13-7-4-8-14-19/h3-8,10-11,13-14H,2,9,12,15-17H2,1H3,(H2,21,22,23). The first kappa shape index (κ1) is 19.2. The average Bonchev–Trinajstić information content (AvgIpc) is 2.66. The van der Waals surface area contributed by atoms with Crippen LogP contribution in [-0.4, -0.2) is 35.6 Å². The zero-order chi connectivity index (χ0) is 17.7. The Balaban J connectivity index is 1.72. The molecule has 0 fully saturated rings. The monoisotopic (exact) mass is 357 g/mol. The average molecular weight is 358 g/mol. The van der Waals surface area contributed by atoms with Gasteiger partial charge in [-0.2, -0.15) is 0 Å². The van der Waals surface area contributed by atoms with Gasteiger partial charge in [-0.15, -0.1) is 0 Å². The molecule has 0 heterocycles. The predicted molar refractivity (Wildman–Crippen MR) is 106 cm³/mol. The Bertz CT molecular complexity index is 659. The minimum atomic E-state index is -0.981. The summed E-state index contributed by atoms with van der Waals surface area (Å²) in [4.78, 5) is 5.46. The van der Waals surface area contributed by atoms with Crippen LogP contribution in [0.2, 0.25) is 0 Å². The number of guanidine groups is 1. The molecule has 2 N–H and O–H groups in total. The van der Waals surface area contributed by atoms with Crippen molar-refractivity contribution in [1.29, 1.82) is 0 Å². The Kier molecular flexibility index (Phi) is 8.77. The van der Waals surface area contributed by atoms with E-state index in [0.29, 0.717) is 12.3 Å². The van der Waals surface area contributed by atoms with E-state index in [1.165, 1.54) is 5.56 Å². The first-order chi connectivity index (χ1) is 12.3. The molecule has 1 atom stereocenters. The molecule has 4 nitrogen and oxygen atoms in total. The number of rotatable bonds is 9. The number of benzene rings is 2. The largest absolute Gasteiger partial charge is 0.357 e. The highest BCUT2D eigenvalue weighted by Gasteiger charge is 2.03. The lowest BCUT2D eigenvalue weighted by Crippen LogP contribution is -2.39. The molecule has 2 aromatic rings. The maximum Gasteiger partial charge on any atom is 0.191 e. The van der Waals surface area contributed by atoms with Gasteiger partial charge in [0.05, 0.1) is 10.8 Å². The van der Waals surface area contributed by atoms with Crippen LogP contribution in [0, 0.1) is 0 Å². The molecule has 134 valence electrons. The Morgan fingerprint density at radius 3 is 2.36 bits per heavy atom. The van der Waals surface area contributed by atoms with E-state index >= 15 is 0 Å². The number of aryl methyl sites for hydroxylation is 1. The van der Waals surface area contributed by atoms with E-state index in [1.807, 2.05) is 43.3 Å². The van der Waals surface area contributed by atoms with Crippen LogP contribution in [0.25, 0.3) is 0 Å². The Hall–Kier alpha value is -2.14. The molecule has 0 saturated heterocycles. The highest BCUT2D eigenvalue weighted by Crippen LogP contribution is 2.04. The van der Waals surface area contributed by atoms with Gasteiger partial charge in [0.15, 0.2) is 5.96 Å². The maximum atomic E-state index is 12.2. The van der Waals surface area contributed by atoms with Crippen LogP contribution in [0.4, 0.5) is 0 Å². The van der Waals surface area contributed by atoms with Gasteiger partial charge in [0.1, 0.15) is 0 Å². The van der Waals surface area contributed by atoms with Gasteiger partial charge >= 0.3 is 0 Å². The maximum absolute atomic E-state index is 12.2. The molecular weight excluding hydrogens is 330 g/mol. The van der Waals surface area contributed by atoms with Crippen molar-refractivity contribution in [2.45, 2.75) is 24.7 Å². The van der Waals surface area contributed by atoms with E-state index < -0.39 is 10.8 Å². The topological polar surface area (TPSA) is 53.5 Å². The fourth-order valence-corrected chi connectivity index (χ4v) is 3.40. The highest BCUT2D eigenvalue weighted by atomic mass is 32.2. The number of hydrogen-bond donors (Lipinski definition) is 2. The van der Waals surface area contributed by atoms with E-state index in [0.717, 1.165) is 36.8 Å². The molecule has 0 saturated carbocycles. The molecule has 1 unspecified atom stereocenters. The summed E-state index contributed by atoms with van der Waals surface area (Å²) in [7, 11) is -0.981. The zero-order valence-electron chi connectivity index (χ0n) is 14.8. The van der Waals surface area contributed by atoms with Crippen LogP contribution in [-0.2, 0) is 17.2 Å². The van der Waals surface area contributed by atoms with Crippen molar-refractivity contribution < 1.29 is 4.21 Å². The normalized spacial score (nSPS) is 12.6. The molecule has 0 bridgehead atoms. The third kappa shape index (κ3) is 7.52. The molecule has 0 amide bonds. The molecule has 0 aromatic heterocycles. The van der Waals surface area contributed by atoms with Crippen molar-refractivity contribution in [3.8, 4) is 0 Å². The fourth-order valence-electron chi connectivity index (χ4n) is 2.41. The molecule has 0 aliphatic carbocycles. The molecular formula is C20H27N3OS. The lowest BCUT2D eigenvalue weighted by atomic mass is 10.1. The number of hydrogen-bond acceptors (Lipinski definition) is 2. The molecule has 0 spiro atoms. The zero-order valence-corrected chi connectivity index (χ0v) is 15.6. The van der Waals surface area contributed by atoms with Gasteiger partial charge in [0.25, 0.3) is 0 Å². The third-order valence-corrected chi connectivity index (χ3v) is 5.04. The van der Waals surface area contributed by atoms with Crippen molar-refractivity contribution in [2.75, 3.05) is 25.4 Å². The van der Waals surface area contributed by atoms with Crippen LogP contribution in [0.1, 0.15) is 18.9 Å². The minimum absolute atomic E-state index is 0.568. The fraction of sp³-hybridized carbons (Fsp3) is 0.350. The second-order valence-corrected chi connectivity index (χ2v) is 7.21. The van der Waals surface area contributed by atoms with Gasteiger partial charge in [-0.25, -0.2) is 0 Å². The highest BCUT2D eigenvalue weighted by molar-refractivity contribution is 7.85. The Morgan fingerprint density at radius 2 is 1.68 bits per heavy atom. The second kappa shape index (κ2) is 11.4. The summed E-state index contributed by atoms with van der Waals surface area (Å²) in [6.45, 7) is 4.26. The van der Waals surface area contributed by atoms with Crippen LogP contribution < -0.4 is 10.6 Å². The summed E-state index contributed by atoms with van der Waals surface area (Å²) in [5, 5.41) is 6.50. The van der Waals surface area contributed by atoms with E-state index in [2.05, 4.69) is 39.9 Å². The van der Waals surface area contributed by atoms with Crippen LogP contribution >= 0.6 is 0 Å². The van der Waals surface area contributed by atoms with Gasteiger partial charge in [-0.1, -0.05) is 48.5 Å². The smallest absolute Gasteiger partial charge is 0.191 e. The minimum Gasteiger partial charge on any atom is -0.357 e. The van der Waals surface area contributed by atoms with E-state index in [1.54, 1.807) is 0 Å². The molecule has 2 rings (SSSR count). The quantitative estimate of drug-likeness (QED) is 0.412. The van der Waals surface area contributed by atoms with Gasteiger partial charge < -0.3 is 10.6 Å². The molecule has 0 aliphatic rings. The Labute approximate surface area is 153 Å². The van der Waals surface area contributed by atoms with E-state index in [-0.39, 0.29) is 0 Å². The van der Waals surface area contributed by atoms with Gasteiger partial charge in [0.2, 0.25) is 0 Å². The second-order valence-electron chi connectivity index (χ2n) is 5.64. The molecule has 25 heavy (non-hydrogen) atoms. The number of aliphatic imine (C=N–C) groups is 1. The van der Waals surface area contributed by atoms with Crippen molar-refractivity contribution in [3.63, 3.8) is 0 Å². The first-order valence-electron chi connectivity index (χ1n) is 8.79. The van der Waals surface area contributed by atoms with Crippen LogP contribution in [0.5, 0.6) is 0 Å². The van der Waals surface area contributed by atoms with Gasteiger partial charge in [0, 0.05) is 30.3 Å². The van der Waals surface area contributed by atoms with Crippen molar-refractivity contribution in [2.24, 2.45) is 4.99 Å². The lowest BCUT2D eigenvalue weighted by Gasteiger charge is -2.11. The van der Waals surface area contributed by atoms with Crippen molar-refractivity contribution in [1.82, 2.24) is 10.6 Å². The van der Waals surface area contributed by atoms with Crippen molar-refractivity contribution >= 4 is 16.8 Å². The summed E-state index contributed by atoms with van der Waals surface area (Å²) in [6.07, 6.45) is 2.04. The molecule has 0 radical (unpaired) electrons. The van der Waals surface area contributed by atoms with E-state index in [4.69, 9.17) is 0 Å². The summed E-state index contributed by atoms with van der Waals surface area (Å²) >= 11 is 0. The lowest BCUT2D eigenvalue weighted by molar-refractivity contribution is 0.681. The molecule has 5 heteroatoms. The third-order valence-electron chi connectivity index (χ3n) is 3.67. The summed E-state index contributed by atoms with van der Waals surface area (Å²) in [5.41, 5.74) is 1.34. The van der Waals surface area contributed by atoms with Crippen molar-refractivity contribution in [3.05, 3.63) is 66.2 Å². The summed E-state index contributed by atoms with van der Waals surface area (Å²) < 4.78 is 12.2. The molecule has 0 aliphatic heterocycles. The van der Waals surface area contributed by atoms with Crippen LogP contribution in [0.3, 0.4) is 0 Å². The van der Waals surface area contributed by atoms with E-state index in [9.17, 15) is 4.21 Å².